The van der Waals surface area contributed by atoms with Crippen LogP contribution in [0.25, 0.3) is 0 Å². The molecule has 1 fully saturated rings. The number of hydrogen-bond acceptors (Lipinski definition) is 3. The molecule has 21 heavy (non-hydrogen) atoms. The third-order valence-corrected chi connectivity index (χ3v) is 4.22. The summed E-state index contributed by atoms with van der Waals surface area (Å²) >= 11 is 0. The van der Waals surface area contributed by atoms with E-state index < -0.39 is 0 Å². The molecule has 0 radical (unpaired) electrons. The van der Waals surface area contributed by atoms with Crippen molar-refractivity contribution in [1.29, 1.82) is 0 Å². The lowest BCUT2D eigenvalue weighted by atomic mass is 9.94. The monoisotopic (exact) mass is 290 g/mol. The highest BCUT2D eigenvalue weighted by atomic mass is 16.2. The second-order valence-electron chi connectivity index (χ2n) is 5.93. The fourth-order valence-electron chi connectivity index (χ4n) is 2.98. The van der Waals surface area contributed by atoms with E-state index in [-0.39, 0.29) is 24.5 Å². The fourth-order valence-corrected chi connectivity index (χ4v) is 2.98. The topological polar surface area (TPSA) is 75.4 Å². The summed E-state index contributed by atoms with van der Waals surface area (Å²) in [6.45, 7) is 0.188. The van der Waals surface area contributed by atoms with Crippen molar-refractivity contribution < 1.29 is 9.90 Å². The number of carbonyl (C=O) groups is 1. The van der Waals surface area contributed by atoms with Crippen LogP contribution in [-0.4, -0.2) is 23.7 Å². The van der Waals surface area contributed by atoms with Gasteiger partial charge in [-0.2, -0.15) is 0 Å². The van der Waals surface area contributed by atoms with E-state index in [4.69, 9.17) is 10.8 Å². The average Bonchev–Trinajstić information content (AvgIpc) is 2.70. The van der Waals surface area contributed by atoms with Gasteiger partial charge in [-0.15, -0.1) is 0 Å². The number of aryl methyl sites for hydroxylation is 1. The first-order chi connectivity index (χ1) is 10.2. The van der Waals surface area contributed by atoms with Crippen LogP contribution in [-0.2, 0) is 11.2 Å². The lowest BCUT2D eigenvalue weighted by Gasteiger charge is -2.20. The van der Waals surface area contributed by atoms with E-state index in [1.807, 2.05) is 24.3 Å². The van der Waals surface area contributed by atoms with Crippen LogP contribution in [0, 0.1) is 5.92 Å². The largest absolute Gasteiger partial charge is 0.396 e. The van der Waals surface area contributed by atoms with Gasteiger partial charge in [-0.1, -0.05) is 31.4 Å². The van der Waals surface area contributed by atoms with Crippen molar-refractivity contribution in [3.05, 3.63) is 29.8 Å². The number of benzene rings is 1. The Morgan fingerprint density at radius 3 is 2.90 bits per heavy atom. The summed E-state index contributed by atoms with van der Waals surface area (Å²) in [5.41, 5.74) is 8.10. The molecule has 1 aromatic carbocycles. The van der Waals surface area contributed by atoms with Gasteiger partial charge in [-0.05, 0) is 43.4 Å². The number of carbonyl (C=O) groups excluding carboxylic acids is 1. The summed E-state index contributed by atoms with van der Waals surface area (Å²) in [7, 11) is 0. The van der Waals surface area contributed by atoms with Crippen LogP contribution in [0.4, 0.5) is 5.69 Å². The normalized spacial score (nSPS) is 22.6. The van der Waals surface area contributed by atoms with E-state index in [0.717, 1.165) is 49.8 Å². The number of amides is 1. The zero-order valence-corrected chi connectivity index (χ0v) is 12.6. The zero-order chi connectivity index (χ0) is 15.1. The minimum absolute atomic E-state index is 0.0231. The standard InChI is InChI=1S/C17H26N2O2/c18-16-10-3-1-2-9-15(16)17(21)19-14-8-4-6-13(12-14)7-5-11-20/h4,6,8,12,15-16,20H,1-3,5,7,9-11,18H2,(H,19,21). The fraction of sp³-hybridized carbons (Fsp3) is 0.588. The summed E-state index contributed by atoms with van der Waals surface area (Å²) in [5.74, 6) is -0.0303. The smallest absolute Gasteiger partial charge is 0.229 e. The van der Waals surface area contributed by atoms with E-state index in [1.54, 1.807) is 0 Å². The van der Waals surface area contributed by atoms with Gasteiger partial charge in [0.2, 0.25) is 5.91 Å². The predicted molar refractivity (Wildman–Crippen MR) is 85.0 cm³/mol. The first-order valence-electron chi connectivity index (χ1n) is 7.97. The summed E-state index contributed by atoms with van der Waals surface area (Å²) in [6.07, 6.45) is 6.78. The van der Waals surface area contributed by atoms with Crippen LogP contribution in [0.3, 0.4) is 0 Å². The molecular formula is C17H26N2O2. The Labute approximate surface area is 126 Å². The lowest BCUT2D eigenvalue weighted by Crippen LogP contribution is -2.37. The van der Waals surface area contributed by atoms with Gasteiger partial charge in [0.05, 0.1) is 5.92 Å². The van der Waals surface area contributed by atoms with Crippen molar-refractivity contribution in [2.45, 2.75) is 51.0 Å². The number of nitrogens with two attached hydrogens (primary N) is 1. The van der Waals surface area contributed by atoms with Gasteiger partial charge in [0, 0.05) is 18.3 Å². The molecule has 1 aliphatic rings. The number of anilines is 1. The van der Waals surface area contributed by atoms with Gasteiger partial charge in [0.15, 0.2) is 0 Å². The molecule has 2 rings (SSSR count). The SMILES string of the molecule is NC1CCCCCC1C(=O)Nc1cccc(CCCO)c1. The summed E-state index contributed by atoms with van der Waals surface area (Å²) in [5, 5.41) is 11.9. The molecule has 4 nitrogen and oxygen atoms in total. The van der Waals surface area contributed by atoms with Crippen LogP contribution in [0.15, 0.2) is 24.3 Å². The highest BCUT2D eigenvalue weighted by Gasteiger charge is 2.26. The van der Waals surface area contributed by atoms with E-state index >= 15 is 0 Å². The molecule has 0 saturated heterocycles. The first kappa shape index (κ1) is 16.0. The molecule has 4 N–H and O–H groups in total. The number of nitrogens with one attached hydrogen (secondary N) is 1. The molecule has 0 aromatic heterocycles. The van der Waals surface area contributed by atoms with E-state index in [9.17, 15) is 4.79 Å². The van der Waals surface area contributed by atoms with Crippen molar-refractivity contribution in [3.8, 4) is 0 Å². The minimum atomic E-state index is -0.0754. The maximum Gasteiger partial charge on any atom is 0.229 e. The van der Waals surface area contributed by atoms with Gasteiger partial charge in [-0.3, -0.25) is 4.79 Å². The molecule has 2 atom stereocenters. The highest BCUT2D eigenvalue weighted by molar-refractivity contribution is 5.93. The van der Waals surface area contributed by atoms with Crippen molar-refractivity contribution in [3.63, 3.8) is 0 Å². The third kappa shape index (κ3) is 4.83. The number of hydrogen-bond donors (Lipinski definition) is 3. The molecule has 1 aromatic rings. The van der Waals surface area contributed by atoms with E-state index in [0.29, 0.717) is 0 Å². The van der Waals surface area contributed by atoms with Crippen molar-refractivity contribution in [2.24, 2.45) is 11.7 Å². The van der Waals surface area contributed by atoms with Crippen LogP contribution in [0.1, 0.15) is 44.1 Å². The lowest BCUT2D eigenvalue weighted by molar-refractivity contribution is -0.120. The second kappa shape index (κ2) is 8.15. The molecule has 0 bridgehead atoms. The van der Waals surface area contributed by atoms with Gasteiger partial charge in [0.1, 0.15) is 0 Å². The molecule has 1 aliphatic carbocycles. The van der Waals surface area contributed by atoms with Crippen molar-refractivity contribution >= 4 is 11.6 Å². The van der Waals surface area contributed by atoms with Gasteiger partial charge in [-0.25, -0.2) is 0 Å². The molecule has 2 unspecified atom stereocenters. The molecule has 0 spiro atoms. The Morgan fingerprint density at radius 1 is 1.29 bits per heavy atom. The summed E-state index contributed by atoms with van der Waals surface area (Å²) in [6, 6.07) is 7.82. The Morgan fingerprint density at radius 2 is 2.10 bits per heavy atom. The van der Waals surface area contributed by atoms with Crippen LogP contribution < -0.4 is 11.1 Å². The number of aliphatic hydroxyl groups is 1. The maximum atomic E-state index is 12.4. The van der Waals surface area contributed by atoms with Crippen molar-refractivity contribution in [2.75, 3.05) is 11.9 Å². The van der Waals surface area contributed by atoms with Crippen LogP contribution >= 0.6 is 0 Å². The van der Waals surface area contributed by atoms with E-state index in [1.165, 1.54) is 6.42 Å². The molecule has 116 valence electrons. The first-order valence-corrected chi connectivity index (χ1v) is 7.97. The quantitative estimate of drug-likeness (QED) is 0.729. The Bertz CT molecular complexity index is 462. The summed E-state index contributed by atoms with van der Waals surface area (Å²) in [4.78, 5) is 12.4. The number of aliphatic hydroxyl groups excluding tert-OH is 1. The second-order valence-corrected chi connectivity index (χ2v) is 5.93. The Hall–Kier alpha value is -1.39. The highest BCUT2D eigenvalue weighted by Crippen LogP contribution is 2.24. The molecule has 1 saturated carbocycles. The Balaban J connectivity index is 1.98. The zero-order valence-electron chi connectivity index (χ0n) is 12.6. The summed E-state index contributed by atoms with van der Waals surface area (Å²) < 4.78 is 0. The molecule has 0 heterocycles. The molecule has 4 heteroatoms. The molecular weight excluding hydrogens is 264 g/mol. The minimum Gasteiger partial charge on any atom is -0.396 e. The Kier molecular flexibility index (Phi) is 6.21. The maximum absolute atomic E-state index is 12.4. The third-order valence-electron chi connectivity index (χ3n) is 4.22. The molecule has 0 aliphatic heterocycles. The van der Waals surface area contributed by atoms with Gasteiger partial charge >= 0.3 is 0 Å². The number of rotatable bonds is 5. The van der Waals surface area contributed by atoms with Crippen LogP contribution in [0.2, 0.25) is 0 Å². The predicted octanol–water partition coefficient (Wildman–Crippen LogP) is 2.46. The van der Waals surface area contributed by atoms with Gasteiger partial charge in [0.25, 0.3) is 0 Å². The van der Waals surface area contributed by atoms with E-state index in [2.05, 4.69) is 5.32 Å². The molecule has 1 amide bonds. The van der Waals surface area contributed by atoms with Gasteiger partial charge < -0.3 is 16.2 Å². The van der Waals surface area contributed by atoms with Crippen molar-refractivity contribution in [1.82, 2.24) is 0 Å². The van der Waals surface area contributed by atoms with Crippen LogP contribution in [0.5, 0.6) is 0 Å². The average molecular weight is 290 g/mol.